The summed E-state index contributed by atoms with van der Waals surface area (Å²) < 4.78 is 26.7. The Kier molecular flexibility index (Phi) is 7.60. The van der Waals surface area contributed by atoms with Gasteiger partial charge in [0, 0.05) is 18.2 Å². The highest BCUT2D eigenvalue weighted by molar-refractivity contribution is 7.88. The van der Waals surface area contributed by atoms with Crippen molar-refractivity contribution < 1.29 is 13.2 Å². The molecular weight excluding hydrogens is 408 g/mol. The molecule has 31 heavy (non-hydrogen) atoms. The minimum atomic E-state index is -3.36. The van der Waals surface area contributed by atoms with Crippen molar-refractivity contribution in [2.24, 2.45) is 0 Å². The van der Waals surface area contributed by atoms with Crippen LogP contribution in [0.25, 0.3) is 0 Å². The van der Waals surface area contributed by atoms with Crippen LogP contribution in [0.1, 0.15) is 46.5 Å². The van der Waals surface area contributed by atoms with Crippen molar-refractivity contribution in [3.05, 3.63) is 107 Å². The number of amides is 1. The Balaban J connectivity index is 1.61. The van der Waals surface area contributed by atoms with Crippen LogP contribution in [0, 0.1) is 0 Å². The molecule has 0 aromatic heterocycles. The van der Waals surface area contributed by atoms with Crippen molar-refractivity contribution >= 4 is 15.9 Å². The molecule has 0 heterocycles. The first-order valence-electron chi connectivity index (χ1n) is 10.3. The zero-order chi connectivity index (χ0) is 22.3. The van der Waals surface area contributed by atoms with Gasteiger partial charge in [-0.3, -0.25) is 4.79 Å². The lowest BCUT2D eigenvalue weighted by atomic mass is 9.99. The lowest BCUT2D eigenvalue weighted by Gasteiger charge is -2.12. The standard InChI is InChI=1S/C25H28N2O3S/c1-19(2)27-31(29,30)18-22-14-12-21(13-15-22)17-26-25(28)24-11-7-6-10-23(24)16-20-8-4-3-5-9-20/h3-15,19,27H,16-18H2,1-2H3,(H,26,28). The number of hydrogen-bond acceptors (Lipinski definition) is 3. The molecule has 0 fully saturated rings. The third kappa shape index (κ3) is 7.05. The van der Waals surface area contributed by atoms with Crippen molar-refractivity contribution in [1.29, 1.82) is 0 Å². The number of rotatable bonds is 9. The highest BCUT2D eigenvalue weighted by atomic mass is 32.2. The third-order valence-corrected chi connectivity index (χ3v) is 6.29. The molecule has 0 aliphatic heterocycles. The SMILES string of the molecule is CC(C)NS(=O)(=O)Cc1ccc(CNC(=O)c2ccccc2Cc2ccccc2)cc1. The summed E-state index contributed by atoms with van der Waals surface area (Å²) >= 11 is 0. The van der Waals surface area contributed by atoms with E-state index in [0.29, 0.717) is 24.1 Å². The molecule has 2 N–H and O–H groups in total. The second-order valence-electron chi connectivity index (χ2n) is 7.85. The molecule has 0 unspecified atom stereocenters. The molecule has 3 aromatic rings. The molecular formula is C25H28N2O3S. The second-order valence-corrected chi connectivity index (χ2v) is 9.60. The maximum atomic E-state index is 12.8. The molecule has 0 bridgehead atoms. The smallest absolute Gasteiger partial charge is 0.251 e. The lowest BCUT2D eigenvalue weighted by molar-refractivity contribution is 0.0950. The molecule has 0 spiro atoms. The van der Waals surface area contributed by atoms with Crippen LogP contribution >= 0.6 is 0 Å². The Morgan fingerprint density at radius 1 is 0.806 bits per heavy atom. The van der Waals surface area contributed by atoms with E-state index >= 15 is 0 Å². The number of benzene rings is 3. The van der Waals surface area contributed by atoms with Crippen molar-refractivity contribution in [3.8, 4) is 0 Å². The normalized spacial score (nSPS) is 11.5. The van der Waals surface area contributed by atoms with Crippen molar-refractivity contribution in [2.75, 3.05) is 0 Å². The third-order valence-electron chi connectivity index (χ3n) is 4.75. The molecule has 3 aromatic carbocycles. The molecule has 0 saturated heterocycles. The molecule has 0 radical (unpaired) electrons. The highest BCUT2D eigenvalue weighted by Crippen LogP contribution is 2.15. The van der Waals surface area contributed by atoms with E-state index in [1.165, 1.54) is 0 Å². The van der Waals surface area contributed by atoms with Gasteiger partial charge in [-0.15, -0.1) is 0 Å². The van der Waals surface area contributed by atoms with Gasteiger partial charge in [0.25, 0.3) is 5.91 Å². The monoisotopic (exact) mass is 436 g/mol. The molecule has 0 atom stereocenters. The zero-order valence-corrected chi connectivity index (χ0v) is 18.7. The van der Waals surface area contributed by atoms with Crippen LogP contribution < -0.4 is 10.0 Å². The van der Waals surface area contributed by atoms with Gasteiger partial charge in [0.05, 0.1) is 5.75 Å². The first-order valence-corrected chi connectivity index (χ1v) is 12.0. The molecule has 5 nitrogen and oxygen atoms in total. The van der Waals surface area contributed by atoms with Gasteiger partial charge in [-0.1, -0.05) is 72.8 Å². The van der Waals surface area contributed by atoms with Crippen LogP contribution in [0.2, 0.25) is 0 Å². The van der Waals surface area contributed by atoms with Crippen LogP contribution in [0.15, 0.2) is 78.9 Å². The Morgan fingerprint density at radius 3 is 2.10 bits per heavy atom. The fraction of sp³-hybridized carbons (Fsp3) is 0.240. The largest absolute Gasteiger partial charge is 0.348 e. The Morgan fingerprint density at radius 2 is 1.42 bits per heavy atom. The predicted molar refractivity (Wildman–Crippen MR) is 124 cm³/mol. The van der Waals surface area contributed by atoms with E-state index in [4.69, 9.17) is 0 Å². The Hall–Kier alpha value is -2.96. The van der Waals surface area contributed by atoms with E-state index in [2.05, 4.69) is 10.0 Å². The van der Waals surface area contributed by atoms with Crippen LogP contribution in [0.4, 0.5) is 0 Å². The molecule has 1 amide bonds. The summed E-state index contributed by atoms with van der Waals surface area (Å²) in [4.78, 5) is 12.8. The average molecular weight is 437 g/mol. The minimum Gasteiger partial charge on any atom is -0.348 e. The maximum absolute atomic E-state index is 12.8. The van der Waals surface area contributed by atoms with Gasteiger partial charge < -0.3 is 5.32 Å². The van der Waals surface area contributed by atoms with E-state index in [1.807, 2.05) is 66.7 Å². The lowest BCUT2D eigenvalue weighted by Crippen LogP contribution is -2.31. The molecule has 0 saturated carbocycles. The van der Waals surface area contributed by atoms with Crippen molar-refractivity contribution in [1.82, 2.24) is 10.0 Å². The fourth-order valence-electron chi connectivity index (χ4n) is 3.36. The van der Waals surface area contributed by atoms with E-state index < -0.39 is 10.0 Å². The summed E-state index contributed by atoms with van der Waals surface area (Å²) in [5.74, 6) is -0.190. The van der Waals surface area contributed by atoms with Gasteiger partial charge in [0.1, 0.15) is 0 Å². The predicted octanol–water partition coefficient (Wildman–Crippen LogP) is 4.04. The van der Waals surface area contributed by atoms with Crippen molar-refractivity contribution in [2.45, 2.75) is 38.6 Å². The molecule has 6 heteroatoms. The maximum Gasteiger partial charge on any atom is 0.251 e. The van der Waals surface area contributed by atoms with E-state index in [1.54, 1.807) is 26.0 Å². The fourth-order valence-corrected chi connectivity index (χ4v) is 4.80. The quantitative estimate of drug-likeness (QED) is 0.532. The van der Waals surface area contributed by atoms with Gasteiger partial charge in [0.15, 0.2) is 0 Å². The minimum absolute atomic E-state index is 0.0648. The number of nitrogens with one attached hydrogen (secondary N) is 2. The Bertz CT molecular complexity index is 1110. The summed E-state index contributed by atoms with van der Waals surface area (Å²) in [6.45, 7) is 3.96. The summed E-state index contributed by atoms with van der Waals surface area (Å²) in [5.41, 5.74) is 4.40. The Labute approximate surface area is 184 Å². The molecule has 0 aliphatic carbocycles. The number of hydrogen-bond donors (Lipinski definition) is 2. The summed E-state index contributed by atoms with van der Waals surface area (Å²) in [5, 5.41) is 2.97. The van der Waals surface area contributed by atoms with E-state index in [9.17, 15) is 13.2 Å². The van der Waals surface area contributed by atoms with Gasteiger partial charge in [-0.2, -0.15) is 0 Å². The summed E-state index contributed by atoms with van der Waals surface area (Å²) in [6, 6.07) is 24.8. The van der Waals surface area contributed by atoms with Gasteiger partial charge in [0.2, 0.25) is 10.0 Å². The van der Waals surface area contributed by atoms with E-state index in [-0.39, 0.29) is 17.7 Å². The van der Waals surface area contributed by atoms with Crippen LogP contribution in [0.5, 0.6) is 0 Å². The van der Waals surface area contributed by atoms with Gasteiger partial charge in [-0.25, -0.2) is 13.1 Å². The topological polar surface area (TPSA) is 75.3 Å². The zero-order valence-electron chi connectivity index (χ0n) is 17.8. The summed E-state index contributed by atoms with van der Waals surface area (Å²) in [7, 11) is -3.36. The second kappa shape index (κ2) is 10.4. The number of sulfonamides is 1. The van der Waals surface area contributed by atoms with Crippen LogP contribution in [0.3, 0.4) is 0 Å². The first-order chi connectivity index (χ1) is 14.8. The molecule has 162 valence electrons. The average Bonchev–Trinajstić information content (AvgIpc) is 2.73. The summed E-state index contributed by atoms with van der Waals surface area (Å²) in [6.07, 6.45) is 0.692. The van der Waals surface area contributed by atoms with Crippen LogP contribution in [-0.4, -0.2) is 20.4 Å². The number of carbonyl (C=O) groups is 1. The highest BCUT2D eigenvalue weighted by Gasteiger charge is 2.14. The van der Waals surface area contributed by atoms with Crippen LogP contribution in [-0.2, 0) is 28.7 Å². The van der Waals surface area contributed by atoms with E-state index in [0.717, 1.165) is 16.7 Å². The van der Waals surface area contributed by atoms with Gasteiger partial charge >= 0.3 is 0 Å². The molecule has 3 rings (SSSR count). The van der Waals surface area contributed by atoms with Crippen molar-refractivity contribution in [3.63, 3.8) is 0 Å². The number of carbonyl (C=O) groups excluding carboxylic acids is 1. The molecule has 0 aliphatic rings. The first kappa shape index (κ1) is 22.7. The van der Waals surface area contributed by atoms with Gasteiger partial charge in [-0.05, 0) is 48.6 Å².